The lowest BCUT2D eigenvalue weighted by molar-refractivity contribution is 0.636. The molecule has 0 aliphatic rings. The largest absolute Gasteiger partial charge is 0.324 e. The number of rotatable bonds is 3. The van der Waals surface area contributed by atoms with E-state index in [9.17, 15) is 0 Å². The van der Waals surface area contributed by atoms with E-state index < -0.39 is 0 Å². The summed E-state index contributed by atoms with van der Waals surface area (Å²) in [4.78, 5) is 0. The molecule has 1 aromatic rings. The molecule has 72 valence electrons. The monoisotopic (exact) mass is 241 g/mol. The summed E-state index contributed by atoms with van der Waals surface area (Å²) in [6, 6.07) is 6.50. The van der Waals surface area contributed by atoms with Crippen molar-refractivity contribution in [2.24, 2.45) is 5.73 Å². The van der Waals surface area contributed by atoms with Crippen LogP contribution in [0.15, 0.2) is 22.7 Å². The fraction of sp³-hybridized carbons (Fsp3) is 0.455. The maximum absolute atomic E-state index is 6.03. The van der Waals surface area contributed by atoms with Crippen molar-refractivity contribution < 1.29 is 0 Å². The molecule has 0 aromatic heterocycles. The Labute approximate surface area is 88.5 Å². The van der Waals surface area contributed by atoms with Gasteiger partial charge in [-0.25, -0.2) is 0 Å². The van der Waals surface area contributed by atoms with Crippen LogP contribution in [-0.2, 0) is 0 Å². The highest BCUT2D eigenvalue weighted by atomic mass is 79.9. The Morgan fingerprint density at radius 2 is 2.15 bits per heavy atom. The highest BCUT2D eigenvalue weighted by Gasteiger charge is 2.08. The Morgan fingerprint density at radius 1 is 1.46 bits per heavy atom. The van der Waals surface area contributed by atoms with Gasteiger partial charge in [-0.3, -0.25) is 0 Å². The average molecular weight is 242 g/mol. The number of benzene rings is 1. The first-order valence-corrected chi connectivity index (χ1v) is 5.46. The predicted octanol–water partition coefficient (Wildman–Crippen LogP) is 3.56. The van der Waals surface area contributed by atoms with E-state index in [1.807, 2.05) is 0 Å². The molecule has 0 radical (unpaired) electrons. The minimum atomic E-state index is 0.167. The third-order valence-corrected chi connectivity index (χ3v) is 2.84. The third kappa shape index (κ3) is 2.82. The van der Waals surface area contributed by atoms with E-state index in [0.717, 1.165) is 17.3 Å². The van der Waals surface area contributed by atoms with Crippen molar-refractivity contribution in [1.82, 2.24) is 0 Å². The molecule has 0 amide bonds. The van der Waals surface area contributed by atoms with Crippen LogP contribution in [0.2, 0.25) is 0 Å². The van der Waals surface area contributed by atoms with Crippen LogP contribution in [0.25, 0.3) is 0 Å². The van der Waals surface area contributed by atoms with Gasteiger partial charge in [0.05, 0.1) is 0 Å². The quantitative estimate of drug-likeness (QED) is 0.861. The van der Waals surface area contributed by atoms with Gasteiger partial charge in [-0.2, -0.15) is 0 Å². The zero-order chi connectivity index (χ0) is 9.84. The van der Waals surface area contributed by atoms with Gasteiger partial charge in [-0.15, -0.1) is 0 Å². The van der Waals surface area contributed by atoms with Crippen molar-refractivity contribution in [3.05, 3.63) is 33.8 Å². The molecular weight excluding hydrogens is 226 g/mol. The molecule has 0 saturated heterocycles. The van der Waals surface area contributed by atoms with Crippen molar-refractivity contribution in [2.45, 2.75) is 32.7 Å². The molecule has 0 saturated carbocycles. The molecule has 2 heteroatoms. The molecular formula is C11H16BrN. The van der Waals surface area contributed by atoms with Crippen molar-refractivity contribution in [3.8, 4) is 0 Å². The fourth-order valence-corrected chi connectivity index (χ4v) is 2.19. The molecule has 0 aliphatic carbocycles. The highest BCUT2D eigenvalue weighted by Crippen LogP contribution is 2.25. The van der Waals surface area contributed by atoms with E-state index in [-0.39, 0.29) is 6.04 Å². The molecule has 0 fully saturated rings. The van der Waals surface area contributed by atoms with Gasteiger partial charge in [-0.1, -0.05) is 41.4 Å². The van der Waals surface area contributed by atoms with Gasteiger partial charge in [0.1, 0.15) is 0 Å². The van der Waals surface area contributed by atoms with E-state index >= 15 is 0 Å². The molecule has 0 spiro atoms. The molecule has 0 unspecified atom stereocenters. The summed E-state index contributed by atoms with van der Waals surface area (Å²) < 4.78 is 1.13. The third-order valence-electron chi connectivity index (χ3n) is 2.16. The molecule has 0 aliphatic heterocycles. The van der Waals surface area contributed by atoms with Crippen LogP contribution in [0.4, 0.5) is 0 Å². The van der Waals surface area contributed by atoms with Crippen LogP contribution in [0.1, 0.15) is 36.9 Å². The minimum Gasteiger partial charge on any atom is -0.324 e. The van der Waals surface area contributed by atoms with E-state index in [4.69, 9.17) is 5.73 Å². The topological polar surface area (TPSA) is 26.0 Å². The van der Waals surface area contributed by atoms with E-state index in [1.165, 1.54) is 11.1 Å². The number of hydrogen-bond acceptors (Lipinski definition) is 1. The molecule has 1 rings (SSSR count). The van der Waals surface area contributed by atoms with Gasteiger partial charge in [0, 0.05) is 10.5 Å². The summed E-state index contributed by atoms with van der Waals surface area (Å²) in [6.45, 7) is 4.24. The molecule has 1 aromatic carbocycles. The standard InChI is InChI=1S/C11H16BrN/c1-3-4-11(13)9-6-5-8(2)7-10(9)12/h5-7,11H,3-4,13H2,1-2H3/t11-/m1/s1. The molecule has 2 N–H and O–H groups in total. The molecule has 1 nitrogen and oxygen atoms in total. The summed E-state index contributed by atoms with van der Waals surface area (Å²) >= 11 is 3.54. The Morgan fingerprint density at radius 3 is 2.69 bits per heavy atom. The van der Waals surface area contributed by atoms with Crippen LogP contribution in [0.3, 0.4) is 0 Å². The normalized spacial score (nSPS) is 12.9. The molecule has 0 heterocycles. The highest BCUT2D eigenvalue weighted by molar-refractivity contribution is 9.10. The molecule has 0 bridgehead atoms. The average Bonchev–Trinajstić information content (AvgIpc) is 2.04. The van der Waals surface area contributed by atoms with Crippen molar-refractivity contribution in [2.75, 3.05) is 0 Å². The van der Waals surface area contributed by atoms with Gasteiger partial charge in [0.2, 0.25) is 0 Å². The van der Waals surface area contributed by atoms with Crippen LogP contribution < -0.4 is 5.73 Å². The van der Waals surface area contributed by atoms with E-state index in [2.05, 4.69) is 48.0 Å². The van der Waals surface area contributed by atoms with Gasteiger partial charge >= 0.3 is 0 Å². The van der Waals surface area contributed by atoms with Crippen LogP contribution in [0.5, 0.6) is 0 Å². The van der Waals surface area contributed by atoms with Gasteiger partial charge in [0.25, 0.3) is 0 Å². The fourth-order valence-electron chi connectivity index (χ4n) is 1.40. The maximum Gasteiger partial charge on any atom is 0.0305 e. The van der Waals surface area contributed by atoms with Gasteiger partial charge in [-0.05, 0) is 30.5 Å². The second-order valence-corrected chi connectivity index (χ2v) is 4.27. The Bertz CT molecular complexity index is 283. The Balaban J connectivity index is 2.88. The second kappa shape index (κ2) is 4.77. The summed E-state index contributed by atoms with van der Waals surface area (Å²) in [6.07, 6.45) is 2.17. The summed E-state index contributed by atoms with van der Waals surface area (Å²) in [5.74, 6) is 0. The first-order valence-electron chi connectivity index (χ1n) is 4.66. The first kappa shape index (κ1) is 10.7. The van der Waals surface area contributed by atoms with E-state index in [1.54, 1.807) is 0 Å². The van der Waals surface area contributed by atoms with Gasteiger partial charge < -0.3 is 5.73 Å². The number of hydrogen-bond donors (Lipinski definition) is 1. The Kier molecular flexibility index (Phi) is 3.94. The van der Waals surface area contributed by atoms with Crippen molar-refractivity contribution in [1.29, 1.82) is 0 Å². The zero-order valence-electron chi connectivity index (χ0n) is 8.18. The lowest BCUT2D eigenvalue weighted by atomic mass is 10.0. The summed E-state index contributed by atoms with van der Waals surface area (Å²) in [7, 11) is 0. The Hall–Kier alpha value is -0.340. The SMILES string of the molecule is CCC[C@@H](N)c1ccc(C)cc1Br. The van der Waals surface area contributed by atoms with Crippen LogP contribution in [0, 0.1) is 6.92 Å². The van der Waals surface area contributed by atoms with Crippen molar-refractivity contribution >= 4 is 15.9 Å². The van der Waals surface area contributed by atoms with Gasteiger partial charge in [0.15, 0.2) is 0 Å². The minimum absolute atomic E-state index is 0.167. The summed E-state index contributed by atoms with van der Waals surface area (Å²) in [5, 5.41) is 0. The lowest BCUT2D eigenvalue weighted by Gasteiger charge is -2.13. The molecule has 13 heavy (non-hydrogen) atoms. The van der Waals surface area contributed by atoms with Crippen LogP contribution >= 0.6 is 15.9 Å². The van der Waals surface area contributed by atoms with Crippen LogP contribution in [-0.4, -0.2) is 0 Å². The number of nitrogens with two attached hydrogens (primary N) is 1. The number of aryl methyl sites for hydroxylation is 1. The number of halogens is 1. The zero-order valence-corrected chi connectivity index (χ0v) is 9.76. The summed E-state index contributed by atoms with van der Waals surface area (Å²) in [5.41, 5.74) is 8.50. The lowest BCUT2D eigenvalue weighted by Crippen LogP contribution is -2.10. The maximum atomic E-state index is 6.03. The van der Waals surface area contributed by atoms with Crippen molar-refractivity contribution in [3.63, 3.8) is 0 Å². The first-order chi connectivity index (χ1) is 6.15. The predicted molar refractivity (Wildman–Crippen MR) is 60.7 cm³/mol. The smallest absolute Gasteiger partial charge is 0.0305 e. The van der Waals surface area contributed by atoms with E-state index in [0.29, 0.717) is 0 Å². The molecule has 1 atom stereocenters. The second-order valence-electron chi connectivity index (χ2n) is 3.42.